The summed E-state index contributed by atoms with van der Waals surface area (Å²) in [5.41, 5.74) is -0.445. The molecule has 0 spiro atoms. The summed E-state index contributed by atoms with van der Waals surface area (Å²) < 4.78 is 40.1. The van der Waals surface area contributed by atoms with E-state index >= 15 is 0 Å². The molecule has 0 radical (unpaired) electrons. The molecular weight excluding hydrogens is 421 g/mol. The number of thioether (sulfide) groups is 1. The van der Waals surface area contributed by atoms with E-state index in [0.717, 1.165) is 29.0 Å². The van der Waals surface area contributed by atoms with Crippen LogP contribution in [-0.2, 0) is 6.18 Å². The van der Waals surface area contributed by atoms with Crippen LogP contribution in [0.3, 0.4) is 0 Å². The van der Waals surface area contributed by atoms with Crippen LogP contribution in [0.1, 0.15) is 11.1 Å². The molecule has 0 aliphatic carbocycles. The molecule has 2 aromatic rings. The standard InChI is InChI=1S/C12H7AsCl2F3N3S/c1-22-11-6(4-19)10(13)21(20-11)9-7(14)2-5(3-8(9)15)12(16,17)18/h2-3H,13H2,1H3. The summed E-state index contributed by atoms with van der Waals surface area (Å²) >= 11 is 14.3. The first-order valence-corrected chi connectivity index (χ1v) is 8.79. The van der Waals surface area contributed by atoms with Gasteiger partial charge in [0, 0.05) is 0 Å². The predicted octanol–water partition coefficient (Wildman–Crippen LogP) is 3.05. The summed E-state index contributed by atoms with van der Waals surface area (Å²) in [5, 5.41) is 13.5. The molecule has 1 atom stereocenters. The first-order valence-electron chi connectivity index (χ1n) is 5.60. The molecule has 0 aliphatic heterocycles. The number of benzene rings is 1. The fraction of sp³-hybridized carbons (Fsp3) is 0.167. The summed E-state index contributed by atoms with van der Waals surface area (Å²) in [6, 6.07) is 3.61. The zero-order valence-corrected chi connectivity index (χ0v) is 15.6. The van der Waals surface area contributed by atoms with Gasteiger partial charge in [-0.3, -0.25) is 0 Å². The Bertz CT molecular complexity index is 760. The van der Waals surface area contributed by atoms with Gasteiger partial charge in [-0.1, -0.05) is 0 Å². The molecule has 0 saturated carbocycles. The quantitative estimate of drug-likeness (QED) is 0.546. The number of alkyl halides is 3. The van der Waals surface area contributed by atoms with Crippen molar-refractivity contribution in [2.24, 2.45) is 0 Å². The molecule has 3 nitrogen and oxygen atoms in total. The molecule has 22 heavy (non-hydrogen) atoms. The van der Waals surface area contributed by atoms with Crippen LogP contribution in [0.2, 0.25) is 10.0 Å². The van der Waals surface area contributed by atoms with Crippen LogP contribution >= 0.6 is 35.0 Å². The molecule has 0 saturated heterocycles. The van der Waals surface area contributed by atoms with Gasteiger partial charge >= 0.3 is 147 Å². The van der Waals surface area contributed by atoms with Crippen molar-refractivity contribution in [3.8, 4) is 11.8 Å². The molecule has 10 heteroatoms. The number of hydrogen-bond acceptors (Lipinski definition) is 3. The monoisotopic (exact) mass is 427 g/mol. The zero-order valence-electron chi connectivity index (χ0n) is 10.9. The zero-order chi connectivity index (χ0) is 16.7. The Labute approximate surface area is 146 Å². The van der Waals surface area contributed by atoms with E-state index in [1.807, 2.05) is 6.07 Å². The van der Waals surface area contributed by atoms with Crippen LogP contribution < -0.4 is 4.48 Å². The van der Waals surface area contributed by atoms with Crippen molar-refractivity contribution in [2.75, 3.05) is 6.26 Å². The van der Waals surface area contributed by atoms with E-state index in [1.54, 1.807) is 6.26 Å². The van der Waals surface area contributed by atoms with E-state index in [9.17, 15) is 13.2 Å². The summed E-state index contributed by atoms with van der Waals surface area (Å²) in [7, 11) is 0. The van der Waals surface area contributed by atoms with Crippen molar-refractivity contribution in [1.29, 1.82) is 5.26 Å². The summed E-state index contributed by atoms with van der Waals surface area (Å²) in [6.07, 6.45) is -2.80. The average Bonchev–Trinajstić information content (AvgIpc) is 2.73. The molecule has 2 rings (SSSR count). The fourth-order valence-corrected chi connectivity index (χ4v) is 3.96. The number of nitriles is 1. The normalized spacial score (nSPS) is 11.5. The van der Waals surface area contributed by atoms with E-state index in [1.165, 1.54) is 16.4 Å². The third kappa shape index (κ3) is 3.11. The second kappa shape index (κ2) is 6.37. The third-order valence-corrected chi connectivity index (χ3v) is 5.12. The molecule has 0 fully saturated rings. The Morgan fingerprint density at radius 1 is 1.32 bits per heavy atom. The van der Waals surface area contributed by atoms with E-state index < -0.39 is 11.7 Å². The summed E-state index contributed by atoms with van der Waals surface area (Å²) in [5.74, 6) is 0. The molecule has 1 aromatic heterocycles. The van der Waals surface area contributed by atoms with Gasteiger partial charge in [0.2, 0.25) is 0 Å². The van der Waals surface area contributed by atoms with Gasteiger partial charge in [-0.2, -0.15) is 0 Å². The topological polar surface area (TPSA) is 41.6 Å². The predicted molar refractivity (Wildman–Crippen MR) is 83.3 cm³/mol. The molecule has 0 bridgehead atoms. The van der Waals surface area contributed by atoms with Crippen molar-refractivity contribution in [2.45, 2.75) is 11.2 Å². The maximum atomic E-state index is 12.8. The van der Waals surface area contributed by atoms with E-state index in [0.29, 0.717) is 15.1 Å². The molecule has 116 valence electrons. The van der Waals surface area contributed by atoms with Crippen molar-refractivity contribution < 1.29 is 13.2 Å². The van der Waals surface area contributed by atoms with Crippen molar-refractivity contribution >= 4 is 56.3 Å². The minimum atomic E-state index is -4.54. The first-order chi connectivity index (χ1) is 10.2. The van der Waals surface area contributed by atoms with Crippen LogP contribution in [0.25, 0.3) is 5.69 Å². The van der Waals surface area contributed by atoms with E-state index in [-0.39, 0.29) is 15.7 Å². The molecular formula is C12H7AsCl2F3N3S. The molecule has 0 aliphatic rings. The van der Waals surface area contributed by atoms with Crippen molar-refractivity contribution in [3.05, 3.63) is 33.3 Å². The number of nitrogens with zero attached hydrogens (tertiary/aromatic N) is 3. The van der Waals surface area contributed by atoms with Crippen molar-refractivity contribution in [3.63, 3.8) is 0 Å². The number of aromatic nitrogens is 2. The molecule has 0 N–H and O–H groups in total. The minimum absolute atomic E-state index is 0.132. The van der Waals surface area contributed by atoms with Gasteiger partial charge in [-0.05, 0) is 0 Å². The van der Waals surface area contributed by atoms with Gasteiger partial charge in [-0.25, -0.2) is 0 Å². The Balaban J connectivity index is 2.70. The number of halogens is 5. The Morgan fingerprint density at radius 3 is 2.23 bits per heavy atom. The second-order valence-corrected chi connectivity index (χ2v) is 6.84. The van der Waals surface area contributed by atoms with E-state index in [4.69, 9.17) is 28.5 Å². The Kier molecular flexibility index (Phi) is 5.08. The number of hydrogen-bond donors (Lipinski definition) is 0. The van der Waals surface area contributed by atoms with Gasteiger partial charge < -0.3 is 0 Å². The van der Waals surface area contributed by atoms with Gasteiger partial charge in [0.05, 0.1) is 0 Å². The van der Waals surface area contributed by atoms with Gasteiger partial charge in [0.15, 0.2) is 0 Å². The third-order valence-electron chi connectivity index (χ3n) is 2.75. The van der Waals surface area contributed by atoms with Crippen LogP contribution in [0.15, 0.2) is 17.2 Å². The SMILES string of the molecule is CSc1nn(-c2c(Cl)cc(C(F)(F)F)cc2Cl)c([AsH2])c1C#N. The van der Waals surface area contributed by atoms with E-state index in [2.05, 4.69) is 5.10 Å². The molecule has 1 heterocycles. The fourth-order valence-electron chi connectivity index (χ4n) is 1.76. The number of rotatable bonds is 2. The second-order valence-electron chi connectivity index (χ2n) is 4.08. The molecule has 1 unspecified atom stereocenters. The summed E-state index contributed by atoms with van der Waals surface area (Å²) in [4.78, 5) is 0. The Hall–Kier alpha value is -0.802. The van der Waals surface area contributed by atoms with Crippen LogP contribution in [0.4, 0.5) is 13.2 Å². The van der Waals surface area contributed by atoms with Gasteiger partial charge in [-0.15, -0.1) is 0 Å². The Morgan fingerprint density at radius 2 is 1.86 bits per heavy atom. The van der Waals surface area contributed by atoms with Crippen LogP contribution in [0, 0.1) is 11.3 Å². The van der Waals surface area contributed by atoms with Crippen molar-refractivity contribution in [1.82, 2.24) is 9.78 Å². The van der Waals surface area contributed by atoms with Gasteiger partial charge in [0.25, 0.3) is 0 Å². The summed E-state index contributed by atoms with van der Waals surface area (Å²) in [6.45, 7) is 0. The van der Waals surface area contributed by atoms with Gasteiger partial charge in [0.1, 0.15) is 0 Å². The van der Waals surface area contributed by atoms with Crippen LogP contribution in [-0.4, -0.2) is 32.9 Å². The first kappa shape index (κ1) is 17.6. The molecule has 0 amide bonds. The van der Waals surface area contributed by atoms with Crippen LogP contribution in [0.5, 0.6) is 0 Å². The maximum absolute atomic E-state index is 12.8. The molecule has 1 aromatic carbocycles. The average molecular weight is 428 g/mol.